The van der Waals surface area contributed by atoms with Crippen molar-refractivity contribution in [1.82, 2.24) is 9.80 Å². The summed E-state index contributed by atoms with van der Waals surface area (Å²) in [5, 5.41) is 10.0. The molecule has 1 saturated carbocycles. The molecule has 0 radical (unpaired) electrons. The van der Waals surface area contributed by atoms with Crippen LogP contribution in [-0.4, -0.2) is 53.0 Å². The highest BCUT2D eigenvalue weighted by atomic mass is 35.5. The number of carbonyl (C=O) groups excluding carboxylic acids is 1. The number of aliphatic carboxylic acids is 1. The van der Waals surface area contributed by atoms with Gasteiger partial charge >= 0.3 is 5.97 Å². The summed E-state index contributed by atoms with van der Waals surface area (Å²) < 4.78 is 0. The molecule has 0 aromatic heterocycles. The molecule has 1 amide bonds. The second-order valence-electron chi connectivity index (χ2n) is 7.31. The number of carboxylic acids is 1. The maximum Gasteiger partial charge on any atom is 0.307 e. The van der Waals surface area contributed by atoms with E-state index < -0.39 is 17.3 Å². The molecule has 3 rings (SSSR count). The van der Waals surface area contributed by atoms with E-state index in [1.165, 1.54) is 0 Å². The number of hydrogen-bond donors (Lipinski definition) is 1. The van der Waals surface area contributed by atoms with Crippen LogP contribution >= 0.6 is 11.6 Å². The molecule has 1 aliphatic carbocycles. The normalized spacial score (nSPS) is 26.2. The Labute approximate surface area is 147 Å². The summed E-state index contributed by atoms with van der Waals surface area (Å²) >= 11 is 6.20. The van der Waals surface area contributed by atoms with Crippen molar-refractivity contribution in [3.63, 3.8) is 0 Å². The Morgan fingerprint density at radius 1 is 1.17 bits per heavy atom. The summed E-state index contributed by atoms with van der Waals surface area (Å²) in [5.74, 6) is -1.81. The number of carboxylic acid groups (broad SMARTS) is 1. The first-order chi connectivity index (χ1) is 11.3. The Kier molecular flexibility index (Phi) is 4.58. The summed E-state index contributed by atoms with van der Waals surface area (Å²) in [7, 11) is 0. The maximum atomic E-state index is 12.6. The third-order valence-corrected chi connectivity index (χ3v) is 5.76. The van der Waals surface area contributed by atoms with Crippen molar-refractivity contribution in [2.75, 3.05) is 26.2 Å². The highest BCUT2D eigenvalue weighted by molar-refractivity contribution is 6.31. The molecule has 2 atom stereocenters. The van der Waals surface area contributed by atoms with Crippen LogP contribution in [0, 0.1) is 17.3 Å². The van der Waals surface area contributed by atoms with Gasteiger partial charge in [0.05, 0.1) is 11.8 Å². The van der Waals surface area contributed by atoms with Crippen molar-refractivity contribution in [3.05, 3.63) is 34.9 Å². The Morgan fingerprint density at radius 2 is 1.79 bits per heavy atom. The molecule has 24 heavy (non-hydrogen) atoms. The standard InChI is InChI=1S/C18H23ClN2O3/c1-18(2)14(15(18)17(23)24)16(22)21-9-7-20(8-10-21)11-12-5-3-4-6-13(12)19/h3-6,14-15H,7-11H2,1-2H3,(H,23,24)/t14-,15+/m1/s1. The third-order valence-electron chi connectivity index (χ3n) is 5.40. The maximum absolute atomic E-state index is 12.6. The fraction of sp³-hybridized carbons (Fsp3) is 0.556. The summed E-state index contributed by atoms with van der Waals surface area (Å²) in [6, 6.07) is 7.79. The predicted molar refractivity (Wildman–Crippen MR) is 91.7 cm³/mol. The summed E-state index contributed by atoms with van der Waals surface area (Å²) in [6.45, 7) is 7.34. The van der Waals surface area contributed by atoms with Crippen molar-refractivity contribution in [2.24, 2.45) is 17.3 Å². The molecule has 1 aromatic carbocycles. The Balaban J connectivity index is 1.55. The second-order valence-corrected chi connectivity index (χ2v) is 7.71. The third kappa shape index (κ3) is 3.15. The SMILES string of the molecule is CC1(C)[C@H](C(=O)O)[C@@H]1C(=O)N1CCN(Cc2ccccc2Cl)CC1. The molecule has 1 N–H and O–H groups in total. The van der Waals surface area contributed by atoms with Crippen LogP contribution in [0.4, 0.5) is 0 Å². The Bertz CT molecular complexity index is 653. The highest BCUT2D eigenvalue weighted by Crippen LogP contribution is 2.59. The predicted octanol–water partition coefficient (Wildman–Crippen LogP) is 2.34. The number of rotatable bonds is 4. The topological polar surface area (TPSA) is 60.9 Å². The molecule has 1 saturated heterocycles. The van der Waals surface area contributed by atoms with Crippen LogP contribution in [0.2, 0.25) is 5.02 Å². The van der Waals surface area contributed by atoms with Gasteiger partial charge in [0.1, 0.15) is 0 Å². The molecule has 5 nitrogen and oxygen atoms in total. The molecule has 0 spiro atoms. The Morgan fingerprint density at radius 3 is 2.33 bits per heavy atom. The van der Waals surface area contributed by atoms with Crippen LogP contribution in [0.1, 0.15) is 19.4 Å². The highest BCUT2D eigenvalue weighted by Gasteiger charge is 2.66. The fourth-order valence-corrected chi connectivity index (χ4v) is 3.95. The van der Waals surface area contributed by atoms with Gasteiger partial charge in [-0.1, -0.05) is 43.6 Å². The molecule has 1 aliphatic heterocycles. The van der Waals surface area contributed by atoms with E-state index in [1.54, 1.807) is 0 Å². The lowest BCUT2D eigenvalue weighted by Gasteiger charge is -2.35. The first-order valence-electron chi connectivity index (χ1n) is 8.29. The molecule has 1 aromatic rings. The molecule has 130 valence electrons. The van der Waals surface area contributed by atoms with Gasteiger partial charge in [0.25, 0.3) is 0 Å². The molecule has 6 heteroatoms. The van der Waals surface area contributed by atoms with Crippen LogP contribution in [0.5, 0.6) is 0 Å². The largest absolute Gasteiger partial charge is 0.481 e. The molecular weight excluding hydrogens is 328 g/mol. The minimum Gasteiger partial charge on any atom is -0.481 e. The van der Waals surface area contributed by atoms with Crippen LogP contribution in [0.25, 0.3) is 0 Å². The quantitative estimate of drug-likeness (QED) is 0.905. The van der Waals surface area contributed by atoms with Gasteiger partial charge in [-0.05, 0) is 17.0 Å². The molecule has 2 fully saturated rings. The van der Waals surface area contributed by atoms with E-state index in [2.05, 4.69) is 4.90 Å². The van der Waals surface area contributed by atoms with Crippen LogP contribution in [0.15, 0.2) is 24.3 Å². The summed E-state index contributed by atoms with van der Waals surface area (Å²) in [4.78, 5) is 28.0. The zero-order valence-electron chi connectivity index (χ0n) is 14.0. The average Bonchev–Trinajstić information content (AvgIpc) is 3.12. The van der Waals surface area contributed by atoms with E-state index in [4.69, 9.17) is 11.6 Å². The van der Waals surface area contributed by atoms with Crippen LogP contribution in [-0.2, 0) is 16.1 Å². The number of benzene rings is 1. The Hall–Kier alpha value is -1.59. The van der Waals surface area contributed by atoms with Gasteiger partial charge in [-0.15, -0.1) is 0 Å². The lowest BCUT2D eigenvalue weighted by Crippen LogP contribution is -2.49. The number of carbonyl (C=O) groups is 2. The number of nitrogens with zero attached hydrogens (tertiary/aromatic N) is 2. The smallest absolute Gasteiger partial charge is 0.307 e. The van der Waals surface area contributed by atoms with Crippen molar-refractivity contribution in [2.45, 2.75) is 20.4 Å². The van der Waals surface area contributed by atoms with Gasteiger partial charge in [-0.2, -0.15) is 0 Å². The van der Waals surface area contributed by atoms with E-state index in [1.807, 2.05) is 43.0 Å². The molecule has 1 heterocycles. The van der Waals surface area contributed by atoms with Crippen molar-refractivity contribution in [3.8, 4) is 0 Å². The van der Waals surface area contributed by atoms with E-state index >= 15 is 0 Å². The van der Waals surface area contributed by atoms with Crippen LogP contribution in [0.3, 0.4) is 0 Å². The zero-order chi connectivity index (χ0) is 17.5. The first kappa shape index (κ1) is 17.2. The van der Waals surface area contributed by atoms with Gasteiger partial charge < -0.3 is 10.0 Å². The summed E-state index contributed by atoms with van der Waals surface area (Å²) in [5.41, 5.74) is 0.658. The van der Waals surface area contributed by atoms with E-state index in [-0.39, 0.29) is 11.8 Å². The number of hydrogen-bond acceptors (Lipinski definition) is 3. The monoisotopic (exact) mass is 350 g/mol. The number of amides is 1. The van der Waals surface area contributed by atoms with Gasteiger partial charge in [0.2, 0.25) is 5.91 Å². The van der Waals surface area contributed by atoms with Gasteiger partial charge in [0.15, 0.2) is 0 Å². The second kappa shape index (κ2) is 6.37. The number of piperazine rings is 1. The molecule has 0 bridgehead atoms. The lowest BCUT2D eigenvalue weighted by atomic mass is 10.1. The molecule has 2 aliphatic rings. The van der Waals surface area contributed by atoms with Gasteiger partial charge in [-0.25, -0.2) is 0 Å². The first-order valence-corrected chi connectivity index (χ1v) is 8.67. The van der Waals surface area contributed by atoms with E-state index in [0.717, 1.165) is 30.2 Å². The zero-order valence-corrected chi connectivity index (χ0v) is 14.8. The average molecular weight is 351 g/mol. The minimum atomic E-state index is -0.865. The van der Waals surface area contributed by atoms with Gasteiger partial charge in [0, 0.05) is 37.7 Å². The lowest BCUT2D eigenvalue weighted by molar-refractivity contribution is -0.142. The minimum absolute atomic E-state index is 0.00945. The van der Waals surface area contributed by atoms with Crippen molar-refractivity contribution < 1.29 is 14.7 Å². The van der Waals surface area contributed by atoms with Gasteiger partial charge in [-0.3, -0.25) is 14.5 Å². The molecule has 0 unspecified atom stereocenters. The molecular formula is C18H23ClN2O3. The summed E-state index contributed by atoms with van der Waals surface area (Å²) in [6.07, 6.45) is 0. The van der Waals surface area contributed by atoms with E-state index in [0.29, 0.717) is 13.1 Å². The van der Waals surface area contributed by atoms with E-state index in [9.17, 15) is 14.7 Å². The van der Waals surface area contributed by atoms with Crippen molar-refractivity contribution >= 4 is 23.5 Å². The van der Waals surface area contributed by atoms with Crippen molar-refractivity contribution in [1.29, 1.82) is 0 Å². The van der Waals surface area contributed by atoms with Crippen LogP contribution < -0.4 is 0 Å². The fourth-order valence-electron chi connectivity index (χ4n) is 3.75. The number of halogens is 1.